The van der Waals surface area contributed by atoms with Crippen molar-refractivity contribution >= 4 is 27.7 Å². The Morgan fingerprint density at radius 3 is 2.86 bits per heavy atom. The zero-order valence-corrected chi connectivity index (χ0v) is 13.7. The van der Waals surface area contributed by atoms with Gasteiger partial charge in [-0.25, -0.2) is 4.39 Å². The first-order chi connectivity index (χ1) is 10.1. The predicted octanol–water partition coefficient (Wildman–Crippen LogP) is 3.74. The lowest BCUT2D eigenvalue weighted by Gasteiger charge is -2.34. The van der Waals surface area contributed by atoms with Crippen LogP contribution in [0.3, 0.4) is 0 Å². The van der Waals surface area contributed by atoms with E-state index in [2.05, 4.69) is 26.1 Å². The van der Waals surface area contributed by atoms with Crippen molar-refractivity contribution in [1.82, 2.24) is 10.1 Å². The summed E-state index contributed by atoms with van der Waals surface area (Å²) in [5.41, 5.74) is 6.41. The van der Waals surface area contributed by atoms with Gasteiger partial charge in [0, 0.05) is 10.2 Å². The smallest absolute Gasteiger partial charge is 0.236 e. The molecule has 1 saturated carbocycles. The molecule has 1 aliphatic carbocycles. The topological polar surface area (TPSA) is 64.9 Å². The monoisotopic (exact) mass is 371 g/mol. The molecule has 0 spiro atoms. The highest BCUT2D eigenvalue weighted by Gasteiger charge is 2.38. The highest BCUT2D eigenvalue weighted by atomic mass is 79.9. The van der Waals surface area contributed by atoms with Gasteiger partial charge in [0.2, 0.25) is 5.89 Å². The Labute approximate surface area is 134 Å². The van der Waals surface area contributed by atoms with E-state index in [4.69, 9.17) is 10.3 Å². The van der Waals surface area contributed by atoms with Gasteiger partial charge >= 0.3 is 0 Å². The van der Waals surface area contributed by atoms with Crippen molar-refractivity contribution in [2.75, 3.05) is 0 Å². The Hall–Kier alpha value is -0.920. The average Bonchev–Trinajstić information content (AvgIpc) is 2.88. The van der Waals surface area contributed by atoms with Gasteiger partial charge in [0.25, 0.3) is 0 Å². The Kier molecular flexibility index (Phi) is 4.33. The van der Waals surface area contributed by atoms with Gasteiger partial charge in [-0.3, -0.25) is 0 Å². The molecule has 7 heteroatoms. The van der Waals surface area contributed by atoms with E-state index < -0.39 is 5.54 Å². The maximum absolute atomic E-state index is 13.7. The molecule has 1 fully saturated rings. The second-order valence-corrected chi connectivity index (χ2v) is 7.15. The number of hydrogen-bond donors (Lipinski definition) is 1. The van der Waals surface area contributed by atoms with E-state index in [0.29, 0.717) is 28.8 Å². The zero-order chi connectivity index (χ0) is 14.9. The second kappa shape index (κ2) is 6.06. The Morgan fingerprint density at radius 2 is 2.19 bits per heavy atom. The van der Waals surface area contributed by atoms with Gasteiger partial charge in [0.1, 0.15) is 5.82 Å². The summed E-state index contributed by atoms with van der Waals surface area (Å²) in [6, 6.07) is 5.07. The number of nitrogens with zero attached hydrogens (tertiary/aromatic N) is 2. The van der Waals surface area contributed by atoms with E-state index in [1.165, 1.54) is 17.8 Å². The van der Waals surface area contributed by atoms with Gasteiger partial charge < -0.3 is 10.3 Å². The van der Waals surface area contributed by atoms with E-state index in [9.17, 15) is 4.39 Å². The number of rotatable bonds is 5. The number of benzene rings is 1. The summed E-state index contributed by atoms with van der Waals surface area (Å²) in [6.07, 6.45) is 2.92. The summed E-state index contributed by atoms with van der Waals surface area (Å²) in [7, 11) is 0. The van der Waals surface area contributed by atoms with Crippen molar-refractivity contribution < 1.29 is 8.91 Å². The van der Waals surface area contributed by atoms with Crippen LogP contribution in [0.5, 0.6) is 0 Å². The lowest BCUT2D eigenvalue weighted by molar-refractivity contribution is 0.229. The molecular weight excluding hydrogens is 357 g/mol. The van der Waals surface area contributed by atoms with E-state index in [1.54, 1.807) is 6.07 Å². The van der Waals surface area contributed by atoms with Gasteiger partial charge in [0.15, 0.2) is 5.82 Å². The maximum Gasteiger partial charge on any atom is 0.236 e. The van der Waals surface area contributed by atoms with Gasteiger partial charge in [0.05, 0.1) is 11.3 Å². The highest BCUT2D eigenvalue weighted by molar-refractivity contribution is 9.10. The van der Waals surface area contributed by atoms with Crippen molar-refractivity contribution in [3.05, 3.63) is 45.8 Å². The molecule has 0 unspecified atom stereocenters. The third-order valence-electron chi connectivity index (χ3n) is 3.66. The molecule has 0 atom stereocenters. The molecule has 3 rings (SSSR count). The molecule has 0 amide bonds. The molecule has 112 valence electrons. The number of thioether (sulfide) groups is 1. The van der Waals surface area contributed by atoms with Crippen LogP contribution in [0.1, 0.15) is 36.5 Å². The quantitative estimate of drug-likeness (QED) is 0.866. The van der Waals surface area contributed by atoms with E-state index >= 15 is 0 Å². The van der Waals surface area contributed by atoms with Crippen LogP contribution in [0.15, 0.2) is 27.2 Å². The van der Waals surface area contributed by atoms with Crippen molar-refractivity contribution in [3.63, 3.8) is 0 Å². The minimum Gasteiger partial charge on any atom is -0.338 e. The molecule has 21 heavy (non-hydrogen) atoms. The first kappa shape index (κ1) is 15.0. The predicted molar refractivity (Wildman–Crippen MR) is 83.1 cm³/mol. The molecule has 0 radical (unpaired) electrons. The van der Waals surface area contributed by atoms with Crippen LogP contribution in [0.25, 0.3) is 0 Å². The first-order valence-electron chi connectivity index (χ1n) is 6.70. The Bertz CT molecular complexity index is 645. The zero-order valence-electron chi connectivity index (χ0n) is 11.3. The van der Waals surface area contributed by atoms with Crippen molar-refractivity contribution in [2.45, 2.75) is 36.3 Å². The van der Waals surface area contributed by atoms with Crippen LogP contribution >= 0.6 is 27.7 Å². The fraction of sp³-hybridized carbons (Fsp3) is 0.429. The summed E-state index contributed by atoms with van der Waals surface area (Å²) in [6.45, 7) is 0. The first-order valence-corrected chi connectivity index (χ1v) is 8.65. The minimum atomic E-state index is -0.399. The van der Waals surface area contributed by atoms with Gasteiger partial charge in [-0.05, 0) is 37.0 Å². The molecule has 1 aliphatic rings. The van der Waals surface area contributed by atoms with Gasteiger partial charge in [-0.15, -0.1) is 11.8 Å². The third-order valence-corrected chi connectivity index (χ3v) is 5.12. The van der Waals surface area contributed by atoms with Crippen molar-refractivity contribution in [2.24, 2.45) is 5.73 Å². The number of hydrogen-bond acceptors (Lipinski definition) is 5. The standard InChI is InChI=1S/C14H15BrFN3OS/c15-10-3-2-9(11(16)6-10)7-21-8-12-18-13(19-20-12)14(17)4-1-5-14/h2-3,6H,1,4-5,7-8,17H2. The lowest BCUT2D eigenvalue weighted by atomic mass is 9.77. The number of aromatic nitrogens is 2. The van der Waals surface area contributed by atoms with Crippen LogP contribution in [0, 0.1) is 5.82 Å². The van der Waals surface area contributed by atoms with Crippen LogP contribution in [0.2, 0.25) is 0 Å². The van der Waals surface area contributed by atoms with Crippen molar-refractivity contribution in [1.29, 1.82) is 0 Å². The van der Waals surface area contributed by atoms with Crippen molar-refractivity contribution in [3.8, 4) is 0 Å². The van der Waals surface area contributed by atoms with E-state index in [0.717, 1.165) is 23.7 Å². The molecule has 2 N–H and O–H groups in total. The lowest BCUT2D eigenvalue weighted by Crippen LogP contribution is -2.44. The molecule has 4 nitrogen and oxygen atoms in total. The SMILES string of the molecule is NC1(c2noc(CSCc3ccc(Br)cc3F)n2)CCC1. The second-order valence-electron chi connectivity index (χ2n) is 5.25. The summed E-state index contributed by atoms with van der Waals surface area (Å²) < 4.78 is 19.6. The van der Waals surface area contributed by atoms with Crippen LogP contribution in [0.4, 0.5) is 4.39 Å². The molecule has 0 aliphatic heterocycles. The van der Waals surface area contributed by atoms with E-state index in [1.807, 2.05) is 6.07 Å². The highest BCUT2D eigenvalue weighted by Crippen LogP contribution is 2.37. The molecule has 1 aromatic carbocycles. The number of halogens is 2. The van der Waals surface area contributed by atoms with E-state index in [-0.39, 0.29) is 5.82 Å². The largest absolute Gasteiger partial charge is 0.338 e. The molecular formula is C14H15BrFN3OS. The summed E-state index contributed by atoms with van der Waals surface area (Å²) in [5.74, 6) is 2.05. The third kappa shape index (κ3) is 3.30. The minimum absolute atomic E-state index is 0.210. The van der Waals surface area contributed by atoms with Crippen LogP contribution in [-0.2, 0) is 17.0 Å². The maximum atomic E-state index is 13.7. The molecule has 1 heterocycles. The van der Waals surface area contributed by atoms with Gasteiger partial charge in [-0.1, -0.05) is 27.2 Å². The normalized spacial score (nSPS) is 16.7. The fourth-order valence-corrected chi connectivity index (χ4v) is 3.37. The molecule has 1 aromatic heterocycles. The van der Waals surface area contributed by atoms with Gasteiger partial charge in [-0.2, -0.15) is 4.98 Å². The van der Waals surface area contributed by atoms with Crippen LogP contribution < -0.4 is 5.73 Å². The fourth-order valence-electron chi connectivity index (χ4n) is 2.18. The number of nitrogens with two attached hydrogens (primary N) is 1. The molecule has 2 aromatic rings. The Morgan fingerprint density at radius 1 is 1.38 bits per heavy atom. The Balaban J connectivity index is 1.56. The van der Waals surface area contributed by atoms with Crippen LogP contribution in [-0.4, -0.2) is 10.1 Å². The molecule has 0 bridgehead atoms. The summed E-state index contributed by atoms with van der Waals surface area (Å²) >= 11 is 4.78. The molecule has 0 saturated heterocycles. The summed E-state index contributed by atoms with van der Waals surface area (Å²) in [4.78, 5) is 4.35. The average molecular weight is 372 g/mol. The summed E-state index contributed by atoms with van der Waals surface area (Å²) in [5, 5.41) is 3.96.